The van der Waals surface area contributed by atoms with Gasteiger partial charge in [-0.25, -0.2) is 0 Å². The first-order chi connectivity index (χ1) is 7.20. The first kappa shape index (κ1) is 13.7. The molecule has 1 aromatic carbocycles. The number of hydrogen-bond donors (Lipinski definition) is 3. The molecule has 0 bridgehead atoms. The summed E-state index contributed by atoms with van der Waals surface area (Å²) in [7, 11) is -0.750. The van der Waals surface area contributed by atoms with Gasteiger partial charge < -0.3 is 15.4 Å². The van der Waals surface area contributed by atoms with Crippen LogP contribution in [0.5, 0.6) is 0 Å². The third-order valence-electron chi connectivity index (χ3n) is 1.63. The largest absolute Gasteiger partial charge is 0.432 e. The quantitative estimate of drug-likeness (QED) is 0.593. The van der Waals surface area contributed by atoms with E-state index >= 15 is 0 Å². The molecular weight excluding hydrogens is 193 g/mol. The molecule has 0 saturated heterocycles. The van der Waals surface area contributed by atoms with Crippen LogP contribution in [0, 0.1) is 0 Å². The van der Waals surface area contributed by atoms with E-state index in [2.05, 4.69) is 17.4 Å². The Labute approximate surface area is 90.3 Å². The Morgan fingerprint density at radius 2 is 1.87 bits per heavy atom. The van der Waals surface area contributed by atoms with Gasteiger partial charge in [-0.1, -0.05) is 30.3 Å². The molecule has 0 aliphatic carbocycles. The van der Waals surface area contributed by atoms with E-state index in [0.717, 1.165) is 13.0 Å². The summed E-state index contributed by atoms with van der Waals surface area (Å²) in [6.07, 6.45) is 0.903. The van der Waals surface area contributed by atoms with E-state index in [4.69, 9.17) is 10.0 Å². The Kier molecular flexibility index (Phi) is 8.42. The van der Waals surface area contributed by atoms with E-state index in [1.54, 1.807) is 0 Å². The second kappa shape index (κ2) is 9.24. The van der Waals surface area contributed by atoms with Gasteiger partial charge in [0.25, 0.3) is 0 Å². The van der Waals surface area contributed by atoms with Crippen molar-refractivity contribution in [2.24, 2.45) is 0 Å². The molecule has 0 aliphatic heterocycles. The molecule has 0 spiro atoms. The first-order valence-corrected chi connectivity index (χ1v) is 4.70. The van der Waals surface area contributed by atoms with Gasteiger partial charge in [0.15, 0.2) is 0 Å². The average molecular weight is 209 g/mol. The molecule has 1 rings (SSSR count). The van der Waals surface area contributed by atoms with Gasteiger partial charge in [-0.15, -0.1) is 0 Å². The maximum atomic E-state index is 10.5. The number of amides is 1. The van der Waals surface area contributed by atoms with Crippen molar-refractivity contribution in [3.8, 4) is 0 Å². The normalized spacial score (nSPS) is 8.47. The van der Waals surface area contributed by atoms with E-state index in [0.29, 0.717) is 0 Å². The lowest BCUT2D eigenvalue weighted by Crippen LogP contribution is -2.22. The second-order valence-corrected chi connectivity index (χ2v) is 2.86. The van der Waals surface area contributed by atoms with E-state index in [1.165, 1.54) is 12.5 Å². The number of hydrogen-bond acceptors (Lipinski definition) is 3. The van der Waals surface area contributed by atoms with Crippen LogP contribution in [-0.4, -0.2) is 30.2 Å². The number of rotatable bonds is 3. The van der Waals surface area contributed by atoms with Crippen LogP contribution < -0.4 is 5.32 Å². The average Bonchev–Trinajstić information content (AvgIpc) is 2.20. The number of carbonyl (C=O) groups excluding carboxylic acids is 1. The van der Waals surface area contributed by atoms with Gasteiger partial charge in [0.05, 0.1) is 0 Å². The molecule has 0 aliphatic rings. The van der Waals surface area contributed by atoms with Crippen molar-refractivity contribution in [2.45, 2.75) is 13.3 Å². The molecule has 15 heavy (non-hydrogen) atoms. The zero-order chi connectivity index (χ0) is 11.5. The third kappa shape index (κ3) is 8.99. The fraction of sp³-hybridized carbons (Fsp3) is 0.300. The van der Waals surface area contributed by atoms with E-state index in [9.17, 15) is 4.79 Å². The first-order valence-electron chi connectivity index (χ1n) is 4.70. The van der Waals surface area contributed by atoms with Crippen molar-refractivity contribution >= 4 is 13.6 Å². The summed E-state index contributed by atoms with van der Waals surface area (Å²) in [6, 6.07) is 10.1. The van der Waals surface area contributed by atoms with Crippen molar-refractivity contribution < 1.29 is 14.8 Å². The monoisotopic (exact) mass is 209 g/mol. The topological polar surface area (TPSA) is 69.6 Å². The maximum Gasteiger partial charge on any atom is 0.432 e. The highest BCUT2D eigenvalue weighted by molar-refractivity contribution is 6.13. The molecular formula is C10H16BNO3. The van der Waals surface area contributed by atoms with Gasteiger partial charge in [0.2, 0.25) is 5.91 Å². The van der Waals surface area contributed by atoms with Crippen LogP contribution in [-0.2, 0) is 11.2 Å². The minimum absolute atomic E-state index is 0.0333. The molecule has 0 radical (unpaired) electrons. The highest BCUT2D eigenvalue weighted by Crippen LogP contribution is 1.97. The molecule has 82 valence electrons. The summed E-state index contributed by atoms with van der Waals surface area (Å²) in [6.45, 7) is 2.25. The van der Waals surface area contributed by atoms with Gasteiger partial charge >= 0.3 is 7.69 Å². The lowest BCUT2D eigenvalue weighted by Gasteiger charge is -2.01. The van der Waals surface area contributed by atoms with Gasteiger partial charge in [-0.2, -0.15) is 0 Å². The highest BCUT2D eigenvalue weighted by Gasteiger charge is 1.92. The van der Waals surface area contributed by atoms with Crippen molar-refractivity contribution in [1.82, 2.24) is 5.32 Å². The maximum absolute atomic E-state index is 10.5. The molecule has 0 heterocycles. The zero-order valence-electron chi connectivity index (χ0n) is 8.81. The summed E-state index contributed by atoms with van der Waals surface area (Å²) in [4.78, 5) is 10.5. The fourth-order valence-corrected chi connectivity index (χ4v) is 1.03. The minimum atomic E-state index is -0.750. The van der Waals surface area contributed by atoms with Crippen LogP contribution in [0.4, 0.5) is 0 Å². The van der Waals surface area contributed by atoms with Crippen molar-refractivity contribution in [1.29, 1.82) is 0 Å². The summed E-state index contributed by atoms with van der Waals surface area (Å²) in [5, 5.41) is 17.0. The molecule has 0 fully saturated rings. The Bertz CT molecular complexity index is 267. The molecule has 4 nitrogen and oxygen atoms in total. The predicted octanol–water partition coefficient (Wildman–Crippen LogP) is -0.397. The number of carbonyl (C=O) groups is 1. The van der Waals surface area contributed by atoms with E-state index in [1.807, 2.05) is 18.2 Å². The van der Waals surface area contributed by atoms with Crippen molar-refractivity contribution in [3.63, 3.8) is 0 Å². The minimum Gasteiger partial charge on any atom is -0.430 e. The van der Waals surface area contributed by atoms with Crippen molar-refractivity contribution in [2.75, 3.05) is 6.54 Å². The summed E-state index contributed by atoms with van der Waals surface area (Å²) in [5.74, 6) is 0.0333. The Morgan fingerprint density at radius 3 is 2.33 bits per heavy atom. The molecule has 0 aromatic heterocycles. The smallest absolute Gasteiger partial charge is 0.430 e. The van der Waals surface area contributed by atoms with Crippen LogP contribution in [0.2, 0.25) is 0 Å². The molecule has 1 amide bonds. The van der Waals surface area contributed by atoms with Crippen molar-refractivity contribution in [3.05, 3.63) is 35.9 Å². The Morgan fingerprint density at radius 1 is 1.33 bits per heavy atom. The van der Waals surface area contributed by atoms with E-state index in [-0.39, 0.29) is 5.91 Å². The van der Waals surface area contributed by atoms with E-state index < -0.39 is 7.69 Å². The summed E-state index contributed by atoms with van der Waals surface area (Å²) >= 11 is 0. The van der Waals surface area contributed by atoms with Gasteiger partial charge in [0, 0.05) is 13.5 Å². The predicted molar refractivity (Wildman–Crippen MR) is 60.4 cm³/mol. The lowest BCUT2D eigenvalue weighted by atomic mass is 10.1. The highest BCUT2D eigenvalue weighted by atomic mass is 16.4. The molecule has 0 atom stereocenters. The van der Waals surface area contributed by atoms with Gasteiger partial charge in [-0.3, -0.25) is 4.79 Å². The summed E-state index contributed by atoms with van der Waals surface area (Å²) in [5.41, 5.74) is 1.26. The van der Waals surface area contributed by atoms with Gasteiger partial charge in [0.1, 0.15) is 0 Å². The third-order valence-corrected chi connectivity index (χ3v) is 1.63. The molecule has 5 heteroatoms. The standard InChI is InChI=1S/C10H13NO.BH3O2/c1-9(12)11-8-7-10-5-3-2-4-6-10;2-1-3/h2-6H,7-8H2,1H3,(H,11,12);1-3H. The number of nitrogens with one attached hydrogen (secondary N) is 1. The molecule has 0 saturated carbocycles. The SMILES string of the molecule is CC(=O)NCCc1ccccc1.OBO. The van der Waals surface area contributed by atoms with Crippen LogP contribution >= 0.6 is 0 Å². The Hall–Kier alpha value is -1.33. The molecule has 3 N–H and O–H groups in total. The van der Waals surface area contributed by atoms with Crippen LogP contribution in [0.3, 0.4) is 0 Å². The summed E-state index contributed by atoms with van der Waals surface area (Å²) < 4.78 is 0. The van der Waals surface area contributed by atoms with Crippen LogP contribution in [0.15, 0.2) is 30.3 Å². The van der Waals surface area contributed by atoms with Crippen LogP contribution in [0.25, 0.3) is 0 Å². The zero-order valence-corrected chi connectivity index (χ0v) is 8.81. The second-order valence-electron chi connectivity index (χ2n) is 2.86. The fourth-order valence-electron chi connectivity index (χ4n) is 1.03. The van der Waals surface area contributed by atoms with Gasteiger partial charge in [-0.05, 0) is 12.0 Å². The molecule has 0 unspecified atom stereocenters. The molecule has 1 aromatic rings. The Balaban J connectivity index is 0.000000583. The lowest BCUT2D eigenvalue weighted by molar-refractivity contribution is -0.118. The van der Waals surface area contributed by atoms with Crippen LogP contribution in [0.1, 0.15) is 12.5 Å². The number of benzene rings is 1.